The summed E-state index contributed by atoms with van der Waals surface area (Å²) < 4.78 is 5.75. The second-order valence-electron chi connectivity index (χ2n) is 4.70. The minimum Gasteiger partial charge on any atom is -0.476 e. The molecule has 1 N–H and O–H groups in total. The molecule has 7 heteroatoms. The molecule has 0 fully saturated rings. The number of benzene rings is 1. The molecule has 0 amide bonds. The molecule has 2 aromatic rings. The number of esters is 1. The molecule has 0 atom stereocenters. The number of carboxylic acid groups (broad SMARTS) is 1. The Balaban J connectivity index is 2.55. The highest BCUT2D eigenvalue weighted by Gasteiger charge is 2.17. The monoisotopic (exact) mass is 290 g/mol. The van der Waals surface area contributed by atoms with E-state index < -0.39 is 24.0 Å². The van der Waals surface area contributed by atoms with Crippen LogP contribution in [0, 0.1) is 0 Å². The van der Waals surface area contributed by atoms with Gasteiger partial charge in [-0.3, -0.25) is 9.59 Å². The molecule has 0 aliphatic carbocycles. The van der Waals surface area contributed by atoms with Crippen LogP contribution < -0.4 is 5.56 Å². The highest BCUT2D eigenvalue weighted by Crippen LogP contribution is 2.13. The van der Waals surface area contributed by atoms with Gasteiger partial charge in [0.05, 0.1) is 11.5 Å². The number of fused-ring (bicyclic) bond motifs is 1. The summed E-state index contributed by atoms with van der Waals surface area (Å²) in [7, 11) is 0. The van der Waals surface area contributed by atoms with Gasteiger partial charge < -0.3 is 9.84 Å². The van der Waals surface area contributed by atoms with E-state index in [0.29, 0.717) is 0 Å². The van der Waals surface area contributed by atoms with E-state index in [9.17, 15) is 19.5 Å². The van der Waals surface area contributed by atoms with Gasteiger partial charge in [-0.1, -0.05) is 18.2 Å². The van der Waals surface area contributed by atoms with E-state index in [1.807, 2.05) is 0 Å². The summed E-state index contributed by atoms with van der Waals surface area (Å²) in [6.07, 6.45) is -0.326. The number of rotatable bonds is 4. The third kappa shape index (κ3) is 3.07. The molecule has 0 radical (unpaired) electrons. The fraction of sp³-hybridized carbons (Fsp3) is 0.286. The lowest BCUT2D eigenvalue weighted by Gasteiger charge is -2.10. The van der Waals surface area contributed by atoms with Crippen molar-refractivity contribution in [2.24, 2.45) is 0 Å². The number of carbonyl (C=O) groups excluding carboxylic acids is 1. The topological polar surface area (TPSA) is 98.5 Å². The van der Waals surface area contributed by atoms with Crippen molar-refractivity contribution in [2.75, 3.05) is 0 Å². The average molecular weight is 290 g/mol. The molecular weight excluding hydrogens is 276 g/mol. The van der Waals surface area contributed by atoms with Gasteiger partial charge in [0, 0.05) is 5.39 Å². The van der Waals surface area contributed by atoms with Crippen molar-refractivity contribution in [3.8, 4) is 0 Å². The van der Waals surface area contributed by atoms with Crippen molar-refractivity contribution in [2.45, 2.75) is 26.5 Å². The molecule has 0 spiro atoms. The van der Waals surface area contributed by atoms with Crippen LogP contribution in [0.15, 0.2) is 29.1 Å². The molecule has 0 aliphatic heterocycles. The van der Waals surface area contributed by atoms with E-state index in [0.717, 1.165) is 4.68 Å². The van der Waals surface area contributed by atoms with E-state index in [-0.39, 0.29) is 22.6 Å². The summed E-state index contributed by atoms with van der Waals surface area (Å²) in [4.78, 5) is 35.1. The molecule has 0 saturated carbocycles. The average Bonchev–Trinajstić information content (AvgIpc) is 2.40. The molecule has 0 bridgehead atoms. The number of aromatic carboxylic acids is 1. The zero-order valence-electron chi connectivity index (χ0n) is 11.6. The summed E-state index contributed by atoms with van der Waals surface area (Å²) in [6, 6.07) is 6.24. The number of hydrogen-bond acceptors (Lipinski definition) is 5. The van der Waals surface area contributed by atoms with Crippen LogP contribution in [-0.4, -0.2) is 32.9 Å². The zero-order chi connectivity index (χ0) is 15.6. The molecule has 7 nitrogen and oxygen atoms in total. The fourth-order valence-electron chi connectivity index (χ4n) is 1.92. The van der Waals surface area contributed by atoms with E-state index in [1.165, 1.54) is 12.1 Å². The summed E-state index contributed by atoms with van der Waals surface area (Å²) >= 11 is 0. The van der Waals surface area contributed by atoms with Crippen molar-refractivity contribution < 1.29 is 19.4 Å². The summed E-state index contributed by atoms with van der Waals surface area (Å²) in [5.41, 5.74) is -0.807. The predicted octanol–water partition coefficient (Wildman–Crippen LogP) is 1.05. The van der Waals surface area contributed by atoms with Gasteiger partial charge >= 0.3 is 11.9 Å². The summed E-state index contributed by atoms with van der Waals surface area (Å²) in [5, 5.41) is 13.4. The van der Waals surface area contributed by atoms with Crippen LogP contribution in [0.2, 0.25) is 0 Å². The fourth-order valence-corrected chi connectivity index (χ4v) is 1.92. The standard InChI is InChI=1S/C14H14N2O5/c1-8(2)21-11(17)7-16-13(18)10-6-4-3-5-9(10)12(15-16)14(19)20/h3-6,8H,7H2,1-2H3,(H,19,20). The Morgan fingerprint density at radius 3 is 2.48 bits per heavy atom. The van der Waals surface area contributed by atoms with Crippen LogP contribution in [0.1, 0.15) is 24.3 Å². The maximum absolute atomic E-state index is 12.2. The normalized spacial score (nSPS) is 10.8. The maximum atomic E-state index is 12.2. The quantitative estimate of drug-likeness (QED) is 0.845. The van der Waals surface area contributed by atoms with Gasteiger partial charge in [0.15, 0.2) is 5.69 Å². The molecule has 0 unspecified atom stereocenters. The number of ether oxygens (including phenoxy) is 1. The Morgan fingerprint density at radius 2 is 1.90 bits per heavy atom. The third-order valence-electron chi connectivity index (χ3n) is 2.72. The zero-order valence-corrected chi connectivity index (χ0v) is 11.6. The molecular formula is C14H14N2O5. The number of carboxylic acids is 1. The van der Waals surface area contributed by atoms with Crippen molar-refractivity contribution in [3.63, 3.8) is 0 Å². The summed E-state index contributed by atoms with van der Waals surface area (Å²) in [5.74, 6) is -1.91. The summed E-state index contributed by atoms with van der Waals surface area (Å²) in [6.45, 7) is 2.93. The van der Waals surface area contributed by atoms with Crippen LogP contribution in [0.25, 0.3) is 10.8 Å². The van der Waals surface area contributed by atoms with Gasteiger partial charge in [0.25, 0.3) is 5.56 Å². The van der Waals surface area contributed by atoms with Gasteiger partial charge in [-0.25, -0.2) is 9.48 Å². The lowest BCUT2D eigenvalue weighted by molar-refractivity contribution is -0.148. The number of aromatic nitrogens is 2. The van der Waals surface area contributed by atoms with Gasteiger partial charge in [0.1, 0.15) is 6.54 Å². The minimum atomic E-state index is -1.27. The Bertz CT molecular complexity index is 764. The third-order valence-corrected chi connectivity index (χ3v) is 2.72. The lowest BCUT2D eigenvalue weighted by atomic mass is 10.1. The van der Waals surface area contributed by atoms with E-state index >= 15 is 0 Å². The SMILES string of the molecule is CC(C)OC(=O)Cn1nc(C(=O)O)c2ccccc2c1=O. The molecule has 0 aliphatic rings. The predicted molar refractivity (Wildman–Crippen MR) is 74.2 cm³/mol. The Labute approximate surface area is 119 Å². The molecule has 1 aromatic carbocycles. The molecule has 21 heavy (non-hydrogen) atoms. The second kappa shape index (κ2) is 5.74. The van der Waals surface area contributed by atoms with Crippen LogP contribution in [0.3, 0.4) is 0 Å². The highest BCUT2D eigenvalue weighted by molar-refractivity contribution is 6.01. The molecule has 110 valence electrons. The highest BCUT2D eigenvalue weighted by atomic mass is 16.5. The maximum Gasteiger partial charge on any atom is 0.357 e. The number of hydrogen-bond donors (Lipinski definition) is 1. The Morgan fingerprint density at radius 1 is 1.29 bits per heavy atom. The van der Waals surface area contributed by atoms with Crippen molar-refractivity contribution in [1.82, 2.24) is 9.78 Å². The van der Waals surface area contributed by atoms with Crippen LogP contribution in [-0.2, 0) is 16.1 Å². The molecule has 1 aromatic heterocycles. The molecule has 2 rings (SSSR count). The van der Waals surface area contributed by atoms with Gasteiger partial charge in [-0.2, -0.15) is 5.10 Å². The number of carbonyl (C=O) groups is 2. The van der Waals surface area contributed by atoms with E-state index in [2.05, 4.69) is 5.10 Å². The first-order valence-electron chi connectivity index (χ1n) is 6.32. The van der Waals surface area contributed by atoms with Gasteiger partial charge in [0.2, 0.25) is 0 Å². The van der Waals surface area contributed by atoms with Crippen LogP contribution in [0.4, 0.5) is 0 Å². The van der Waals surface area contributed by atoms with Crippen molar-refractivity contribution in [3.05, 3.63) is 40.3 Å². The van der Waals surface area contributed by atoms with Gasteiger partial charge in [-0.15, -0.1) is 0 Å². The Hall–Kier alpha value is -2.70. The van der Waals surface area contributed by atoms with E-state index in [1.54, 1.807) is 26.0 Å². The molecule has 0 saturated heterocycles. The van der Waals surface area contributed by atoms with E-state index in [4.69, 9.17) is 4.74 Å². The second-order valence-corrected chi connectivity index (χ2v) is 4.70. The van der Waals surface area contributed by atoms with Crippen molar-refractivity contribution >= 4 is 22.7 Å². The first kappa shape index (κ1) is 14.7. The largest absolute Gasteiger partial charge is 0.476 e. The number of nitrogens with zero attached hydrogens (tertiary/aromatic N) is 2. The molecule has 1 heterocycles. The first-order valence-corrected chi connectivity index (χ1v) is 6.32. The van der Waals surface area contributed by atoms with Crippen LogP contribution >= 0.6 is 0 Å². The van der Waals surface area contributed by atoms with Gasteiger partial charge in [-0.05, 0) is 19.9 Å². The first-order chi connectivity index (χ1) is 9.90. The van der Waals surface area contributed by atoms with Crippen molar-refractivity contribution in [1.29, 1.82) is 0 Å². The smallest absolute Gasteiger partial charge is 0.357 e. The minimum absolute atomic E-state index is 0.197. The lowest BCUT2D eigenvalue weighted by Crippen LogP contribution is -2.30. The van der Waals surface area contributed by atoms with Crippen LogP contribution in [0.5, 0.6) is 0 Å². The Kier molecular flexibility index (Phi) is 4.02.